The minimum Gasteiger partial charge on any atom is -0.335 e. The first-order valence-electron chi connectivity index (χ1n) is 5.23. The van der Waals surface area contributed by atoms with Crippen LogP contribution in [0.4, 0.5) is 0 Å². The van der Waals surface area contributed by atoms with Crippen LogP contribution in [-0.4, -0.2) is 18.4 Å². The summed E-state index contributed by atoms with van der Waals surface area (Å²) in [7, 11) is -3.54. The molecule has 0 spiro atoms. The van der Waals surface area contributed by atoms with E-state index >= 15 is 0 Å². The summed E-state index contributed by atoms with van der Waals surface area (Å²) in [5.41, 5.74) is 1.81. The van der Waals surface area contributed by atoms with Crippen LogP contribution in [0.3, 0.4) is 0 Å². The number of aromatic amines is 1. The number of rotatable bonds is 5. The van der Waals surface area contributed by atoms with Gasteiger partial charge in [0.1, 0.15) is 0 Å². The van der Waals surface area contributed by atoms with Crippen LogP contribution in [-0.2, 0) is 22.4 Å². The molecule has 0 aliphatic heterocycles. The molecule has 2 rings (SSSR count). The predicted octanol–water partition coefficient (Wildman–Crippen LogP) is 1.63. The number of benzene rings is 1. The van der Waals surface area contributed by atoms with Crippen LogP contribution in [0.25, 0.3) is 0 Å². The fourth-order valence-corrected chi connectivity index (χ4v) is 2.55. The molecular weight excluding hydrogens is 274 g/mol. The van der Waals surface area contributed by atoms with Crippen LogP contribution in [0, 0.1) is 0 Å². The molecule has 0 aliphatic carbocycles. The summed E-state index contributed by atoms with van der Waals surface area (Å²) in [5, 5.41) is 0.0518. The molecule has 1 aromatic carbocycles. The van der Waals surface area contributed by atoms with E-state index in [4.69, 9.17) is 11.6 Å². The van der Waals surface area contributed by atoms with Crippen molar-refractivity contribution in [1.29, 1.82) is 0 Å². The number of halogens is 1. The third kappa shape index (κ3) is 3.10. The molecule has 0 amide bonds. The first-order valence-corrected chi connectivity index (χ1v) is 7.25. The number of nitrogens with one attached hydrogen (secondary N) is 2. The Morgan fingerprint density at radius 2 is 2.11 bits per heavy atom. The number of hydrogen-bond donors (Lipinski definition) is 2. The van der Waals surface area contributed by atoms with Crippen molar-refractivity contribution < 1.29 is 8.42 Å². The molecule has 0 bridgehead atoms. The Labute approximate surface area is 110 Å². The van der Waals surface area contributed by atoms with Gasteiger partial charge in [0.15, 0.2) is 5.03 Å². The number of alkyl halides is 1. The SMILES string of the molecule is O=S(=O)(NCc1cccc(CCl)c1)c1cnc[nH]1. The van der Waals surface area contributed by atoms with E-state index in [1.807, 2.05) is 24.3 Å². The molecule has 0 atom stereocenters. The van der Waals surface area contributed by atoms with Gasteiger partial charge >= 0.3 is 0 Å². The van der Waals surface area contributed by atoms with Crippen molar-refractivity contribution >= 4 is 21.6 Å². The van der Waals surface area contributed by atoms with Gasteiger partial charge < -0.3 is 4.98 Å². The molecule has 0 saturated heterocycles. The number of nitrogens with zero attached hydrogens (tertiary/aromatic N) is 1. The summed E-state index contributed by atoms with van der Waals surface area (Å²) in [6, 6.07) is 7.44. The number of imidazole rings is 1. The van der Waals surface area contributed by atoms with E-state index in [2.05, 4.69) is 14.7 Å². The quantitative estimate of drug-likeness (QED) is 0.820. The molecule has 2 N–H and O–H groups in total. The molecular formula is C11H12ClN3O2S. The standard InChI is InChI=1S/C11H12ClN3O2S/c12-5-9-2-1-3-10(4-9)6-15-18(16,17)11-7-13-8-14-11/h1-4,7-8,15H,5-6H2,(H,13,14). The smallest absolute Gasteiger partial charge is 0.257 e. The van der Waals surface area contributed by atoms with Crippen LogP contribution in [0.1, 0.15) is 11.1 Å². The van der Waals surface area contributed by atoms with Gasteiger partial charge in [-0.1, -0.05) is 24.3 Å². The first kappa shape index (κ1) is 13.1. The van der Waals surface area contributed by atoms with Gasteiger partial charge in [0, 0.05) is 12.4 Å². The summed E-state index contributed by atoms with van der Waals surface area (Å²) >= 11 is 5.72. The highest BCUT2D eigenvalue weighted by molar-refractivity contribution is 7.89. The lowest BCUT2D eigenvalue weighted by molar-refractivity contribution is 0.578. The molecule has 96 valence electrons. The largest absolute Gasteiger partial charge is 0.335 e. The Hall–Kier alpha value is -1.37. The van der Waals surface area contributed by atoms with Gasteiger partial charge in [-0.25, -0.2) is 18.1 Å². The zero-order valence-corrected chi connectivity index (χ0v) is 11.0. The molecule has 7 heteroatoms. The van der Waals surface area contributed by atoms with E-state index < -0.39 is 10.0 Å². The second kappa shape index (κ2) is 5.51. The summed E-state index contributed by atoms with van der Waals surface area (Å²) in [6.07, 6.45) is 2.58. The topological polar surface area (TPSA) is 74.8 Å². The van der Waals surface area contributed by atoms with Gasteiger partial charge in [0.05, 0.1) is 12.5 Å². The Balaban J connectivity index is 2.07. The highest BCUT2D eigenvalue weighted by atomic mass is 35.5. The summed E-state index contributed by atoms with van der Waals surface area (Å²) in [5.74, 6) is 0.404. The maximum absolute atomic E-state index is 11.8. The number of H-pyrrole nitrogens is 1. The molecule has 0 aliphatic rings. The fraction of sp³-hybridized carbons (Fsp3) is 0.182. The van der Waals surface area contributed by atoms with Crippen LogP contribution in [0.5, 0.6) is 0 Å². The van der Waals surface area contributed by atoms with Gasteiger partial charge in [-0.15, -0.1) is 11.6 Å². The molecule has 1 heterocycles. The zero-order valence-electron chi connectivity index (χ0n) is 9.43. The minimum absolute atomic E-state index is 0.0518. The van der Waals surface area contributed by atoms with Gasteiger partial charge in [0.2, 0.25) is 0 Å². The monoisotopic (exact) mass is 285 g/mol. The molecule has 0 radical (unpaired) electrons. The highest BCUT2D eigenvalue weighted by Gasteiger charge is 2.14. The van der Waals surface area contributed by atoms with Gasteiger partial charge in [0.25, 0.3) is 10.0 Å². The van der Waals surface area contributed by atoms with Crippen LogP contribution >= 0.6 is 11.6 Å². The van der Waals surface area contributed by atoms with E-state index in [0.29, 0.717) is 5.88 Å². The predicted molar refractivity (Wildman–Crippen MR) is 68.6 cm³/mol. The van der Waals surface area contributed by atoms with Crippen molar-refractivity contribution in [3.8, 4) is 0 Å². The van der Waals surface area contributed by atoms with E-state index in [9.17, 15) is 8.42 Å². The normalized spacial score (nSPS) is 11.6. The number of sulfonamides is 1. The lowest BCUT2D eigenvalue weighted by atomic mass is 10.1. The molecule has 2 aromatic rings. The van der Waals surface area contributed by atoms with Crippen molar-refractivity contribution in [1.82, 2.24) is 14.7 Å². The van der Waals surface area contributed by atoms with E-state index in [-0.39, 0.29) is 11.6 Å². The summed E-state index contributed by atoms with van der Waals surface area (Å²) in [6.45, 7) is 0.214. The Morgan fingerprint density at radius 1 is 1.33 bits per heavy atom. The fourth-order valence-electron chi connectivity index (χ4n) is 1.47. The molecule has 5 nitrogen and oxygen atoms in total. The van der Waals surface area contributed by atoms with Crippen LogP contribution < -0.4 is 4.72 Å². The maximum Gasteiger partial charge on any atom is 0.257 e. The molecule has 18 heavy (non-hydrogen) atoms. The van der Waals surface area contributed by atoms with E-state index in [1.165, 1.54) is 12.5 Å². The summed E-state index contributed by atoms with van der Waals surface area (Å²) in [4.78, 5) is 6.23. The molecule has 0 fully saturated rings. The number of aromatic nitrogens is 2. The van der Waals surface area contributed by atoms with Crippen LogP contribution in [0.2, 0.25) is 0 Å². The van der Waals surface area contributed by atoms with Crippen LogP contribution in [0.15, 0.2) is 41.8 Å². The Kier molecular flexibility index (Phi) is 4.00. The first-order chi connectivity index (χ1) is 8.62. The van der Waals surface area contributed by atoms with Crippen molar-refractivity contribution in [2.45, 2.75) is 17.5 Å². The van der Waals surface area contributed by atoms with Gasteiger partial charge in [-0.05, 0) is 11.1 Å². The second-order valence-electron chi connectivity index (χ2n) is 3.69. The Morgan fingerprint density at radius 3 is 2.78 bits per heavy atom. The molecule has 0 unspecified atom stereocenters. The summed E-state index contributed by atoms with van der Waals surface area (Å²) < 4.78 is 26.1. The second-order valence-corrected chi connectivity index (χ2v) is 5.70. The third-order valence-electron chi connectivity index (χ3n) is 2.37. The lowest BCUT2D eigenvalue weighted by Crippen LogP contribution is -2.23. The average molecular weight is 286 g/mol. The minimum atomic E-state index is -3.54. The van der Waals surface area contributed by atoms with Crippen molar-refractivity contribution in [2.75, 3.05) is 0 Å². The lowest BCUT2D eigenvalue weighted by Gasteiger charge is -2.05. The van der Waals surface area contributed by atoms with Crippen molar-refractivity contribution in [3.05, 3.63) is 47.9 Å². The molecule has 1 aromatic heterocycles. The van der Waals surface area contributed by atoms with Crippen molar-refractivity contribution in [3.63, 3.8) is 0 Å². The van der Waals surface area contributed by atoms with E-state index in [1.54, 1.807) is 0 Å². The average Bonchev–Trinajstić information content (AvgIpc) is 2.91. The number of hydrogen-bond acceptors (Lipinski definition) is 3. The zero-order chi connectivity index (χ0) is 13.0. The van der Waals surface area contributed by atoms with Gasteiger partial charge in [-0.3, -0.25) is 0 Å². The van der Waals surface area contributed by atoms with E-state index in [0.717, 1.165) is 11.1 Å². The maximum atomic E-state index is 11.8. The Bertz CT molecular complexity index is 611. The highest BCUT2D eigenvalue weighted by Crippen LogP contribution is 2.09. The van der Waals surface area contributed by atoms with Gasteiger partial charge in [-0.2, -0.15) is 0 Å². The van der Waals surface area contributed by atoms with Crippen molar-refractivity contribution in [2.24, 2.45) is 0 Å². The third-order valence-corrected chi connectivity index (χ3v) is 4.01. The molecule has 0 saturated carbocycles.